The maximum absolute atomic E-state index is 13.1. The van der Waals surface area contributed by atoms with Gasteiger partial charge in [0, 0.05) is 18.2 Å². The van der Waals surface area contributed by atoms with E-state index in [9.17, 15) is 13.6 Å². The van der Waals surface area contributed by atoms with Crippen LogP contribution in [-0.4, -0.2) is 23.4 Å². The number of hydrogen-bond acceptors (Lipinski definition) is 1. The summed E-state index contributed by atoms with van der Waals surface area (Å²) in [6.07, 6.45) is 3.99. The number of carbonyl (C=O) groups is 1. The number of carbonyl (C=O) groups excluding carboxylic acids is 1. The average Bonchev–Trinajstić information content (AvgIpc) is 2.41. The Kier molecular flexibility index (Phi) is 3.94. The molecular formula is C14H17F2NO. The molecule has 1 saturated heterocycles. The molecule has 1 heterocycles. The van der Waals surface area contributed by atoms with Crippen molar-refractivity contribution in [3.63, 3.8) is 0 Å². The molecule has 0 N–H and O–H groups in total. The third-order valence-corrected chi connectivity index (χ3v) is 3.53. The molecular weight excluding hydrogens is 236 g/mol. The maximum Gasteiger partial charge on any atom is 0.254 e. The second-order valence-electron chi connectivity index (χ2n) is 4.69. The second kappa shape index (κ2) is 5.46. The lowest BCUT2D eigenvalue weighted by Gasteiger charge is -2.35. The minimum Gasteiger partial charge on any atom is -0.336 e. The zero-order valence-electron chi connectivity index (χ0n) is 10.5. The number of likely N-dealkylation sites (tertiary alicyclic amines) is 1. The SMILES string of the molecule is CC[C@H]1CCCCN1C(=O)c1ccc(F)c(F)c1. The van der Waals surface area contributed by atoms with E-state index in [0.29, 0.717) is 6.54 Å². The molecule has 1 amide bonds. The van der Waals surface area contributed by atoms with Gasteiger partial charge in [0.2, 0.25) is 0 Å². The van der Waals surface area contributed by atoms with Gasteiger partial charge in [-0.1, -0.05) is 6.92 Å². The molecule has 0 aliphatic carbocycles. The average molecular weight is 253 g/mol. The number of benzene rings is 1. The summed E-state index contributed by atoms with van der Waals surface area (Å²) in [4.78, 5) is 14.1. The molecule has 4 heteroatoms. The van der Waals surface area contributed by atoms with Gasteiger partial charge in [0.1, 0.15) is 0 Å². The molecule has 2 rings (SSSR count). The van der Waals surface area contributed by atoms with Gasteiger partial charge in [0.15, 0.2) is 11.6 Å². The van der Waals surface area contributed by atoms with Crippen LogP contribution < -0.4 is 0 Å². The first-order valence-electron chi connectivity index (χ1n) is 6.39. The monoisotopic (exact) mass is 253 g/mol. The molecule has 2 nitrogen and oxygen atoms in total. The van der Waals surface area contributed by atoms with Gasteiger partial charge in [-0.15, -0.1) is 0 Å². The number of piperidine rings is 1. The standard InChI is InChI=1S/C14H17F2NO/c1-2-11-5-3-4-8-17(11)14(18)10-6-7-12(15)13(16)9-10/h6-7,9,11H,2-5,8H2,1H3/t11-/m0/s1. The van der Waals surface area contributed by atoms with E-state index in [4.69, 9.17) is 0 Å². The summed E-state index contributed by atoms with van der Waals surface area (Å²) in [6, 6.07) is 3.56. The Hall–Kier alpha value is -1.45. The molecule has 1 aliphatic heterocycles. The Labute approximate surface area is 106 Å². The van der Waals surface area contributed by atoms with Gasteiger partial charge in [-0.3, -0.25) is 4.79 Å². The van der Waals surface area contributed by atoms with E-state index in [1.54, 1.807) is 4.90 Å². The van der Waals surface area contributed by atoms with Crippen molar-refractivity contribution in [3.8, 4) is 0 Å². The van der Waals surface area contributed by atoms with E-state index in [-0.39, 0.29) is 17.5 Å². The van der Waals surface area contributed by atoms with Crippen LogP contribution in [0, 0.1) is 11.6 Å². The van der Waals surface area contributed by atoms with Crippen molar-refractivity contribution < 1.29 is 13.6 Å². The normalized spacial score (nSPS) is 19.9. The first-order valence-corrected chi connectivity index (χ1v) is 6.39. The fraction of sp³-hybridized carbons (Fsp3) is 0.500. The summed E-state index contributed by atoms with van der Waals surface area (Å²) in [5.74, 6) is -2.08. The van der Waals surface area contributed by atoms with Crippen molar-refractivity contribution in [2.45, 2.75) is 38.6 Å². The van der Waals surface area contributed by atoms with Crippen LogP contribution in [-0.2, 0) is 0 Å². The predicted molar refractivity (Wildman–Crippen MR) is 65.3 cm³/mol. The lowest BCUT2D eigenvalue weighted by atomic mass is 9.99. The molecule has 1 atom stereocenters. The first-order chi connectivity index (χ1) is 8.63. The summed E-state index contributed by atoms with van der Waals surface area (Å²) in [5, 5.41) is 0. The summed E-state index contributed by atoms with van der Waals surface area (Å²) >= 11 is 0. The molecule has 98 valence electrons. The Bertz CT molecular complexity index is 447. The van der Waals surface area contributed by atoms with Gasteiger partial charge >= 0.3 is 0 Å². The van der Waals surface area contributed by atoms with Crippen LogP contribution in [0.3, 0.4) is 0 Å². The molecule has 0 radical (unpaired) electrons. The topological polar surface area (TPSA) is 20.3 Å². The zero-order valence-corrected chi connectivity index (χ0v) is 10.5. The molecule has 1 aromatic rings. The van der Waals surface area contributed by atoms with Crippen molar-refractivity contribution in [2.24, 2.45) is 0 Å². The van der Waals surface area contributed by atoms with Crippen LogP contribution >= 0.6 is 0 Å². The smallest absolute Gasteiger partial charge is 0.254 e. The van der Waals surface area contributed by atoms with E-state index in [1.165, 1.54) is 6.07 Å². The summed E-state index contributed by atoms with van der Waals surface area (Å²) in [6.45, 7) is 2.75. The lowest BCUT2D eigenvalue weighted by Crippen LogP contribution is -2.43. The highest BCUT2D eigenvalue weighted by Gasteiger charge is 2.26. The molecule has 1 aliphatic rings. The maximum atomic E-state index is 13.1. The molecule has 0 spiro atoms. The molecule has 0 aromatic heterocycles. The molecule has 1 aromatic carbocycles. The van der Waals surface area contributed by atoms with Gasteiger partial charge in [-0.2, -0.15) is 0 Å². The fourth-order valence-corrected chi connectivity index (χ4v) is 2.49. The molecule has 0 bridgehead atoms. The van der Waals surface area contributed by atoms with Gasteiger partial charge in [0.05, 0.1) is 0 Å². The molecule has 0 unspecified atom stereocenters. The minimum atomic E-state index is -0.967. The van der Waals surface area contributed by atoms with Crippen molar-refractivity contribution >= 4 is 5.91 Å². The van der Waals surface area contributed by atoms with Gasteiger partial charge < -0.3 is 4.90 Å². The Morgan fingerprint density at radius 3 is 2.78 bits per heavy atom. The largest absolute Gasteiger partial charge is 0.336 e. The van der Waals surface area contributed by atoms with E-state index in [0.717, 1.165) is 37.8 Å². The third-order valence-electron chi connectivity index (χ3n) is 3.53. The summed E-state index contributed by atoms with van der Waals surface area (Å²) < 4.78 is 26.0. The van der Waals surface area contributed by atoms with E-state index < -0.39 is 11.6 Å². The van der Waals surface area contributed by atoms with E-state index in [1.807, 2.05) is 6.92 Å². The van der Waals surface area contributed by atoms with Crippen LogP contribution in [0.1, 0.15) is 43.0 Å². The van der Waals surface area contributed by atoms with E-state index >= 15 is 0 Å². The van der Waals surface area contributed by atoms with E-state index in [2.05, 4.69) is 0 Å². The summed E-state index contributed by atoms with van der Waals surface area (Å²) in [7, 11) is 0. The summed E-state index contributed by atoms with van der Waals surface area (Å²) in [5.41, 5.74) is 0.231. The van der Waals surface area contributed by atoms with Crippen LogP contribution in [0.25, 0.3) is 0 Å². The number of amides is 1. The van der Waals surface area contributed by atoms with Crippen LogP contribution in [0.15, 0.2) is 18.2 Å². The molecule has 0 saturated carbocycles. The molecule has 1 fully saturated rings. The third kappa shape index (κ3) is 2.52. The Morgan fingerprint density at radius 2 is 2.11 bits per heavy atom. The minimum absolute atomic E-state index is 0.194. The fourth-order valence-electron chi connectivity index (χ4n) is 2.49. The quantitative estimate of drug-likeness (QED) is 0.791. The Morgan fingerprint density at radius 1 is 1.33 bits per heavy atom. The van der Waals surface area contributed by atoms with Crippen molar-refractivity contribution in [3.05, 3.63) is 35.4 Å². The highest BCUT2D eigenvalue weighted by atomic mass is 19.2. The van der Waals surface area contributed by atoms with Gasteiger partial charge in [0.25, 0.3) is 5.91 Å². The van der Waals surface area contributed by atoms with Crippen molar-refractivity contribution in [2.75, 3.05) is 6.54 Å². The first kappa shape index (κ1) is 13.0. The number of hydrogen-bond donors (Lipinski definition) is 0. The number of nitrogens with zero attached hydrogens (tertiary/aromatic N) is 1. The van der Waals surface area contributed by atoms with Crippen molar-refractivity contribution in [1.82, 2.24) is 4.90 Å². The van der Waals surface area contributed by atoms with Gasteiger partial charge in [-0.05, 0) is 43.9 Å². The van der Waals surface area contributed by atoms with Crippen molar-refractivity contribution in [1.29, 1.82) is 0 Å². The second-order valence-corrected chi connectivity index (χ2v) is 4.69. The predicted octanol–water partition coefficient (Wildman–Crippen LogP) is 3.37. The molecule has 18 heavy (non-hydrogen) atoms. The number of rotatable bonds is 2. The highest BCUT2D eigenvalue weighted by Crippen LogP contribution is 2.22. The Balaban J connectivity index is 2.21. The van der Waals surface area contributed by atoms with Crippen LogP contribution in [0.2, 0.25) is 0 Å². The zero-order chi connectivity index (χ0) is 13.1. The lowest BCUT2D eigenvalue weighted by molar-refractivity contribution is 0.0607. The van der Waals surface area contributed by atoms with Gasteiger partial charge in [-0.25, -0.2) is 8.78 Å². The van der Waals surface area contributed by atoms with Crippen LogP contribution in [0.5, 0.6) is 0 Å². The van der Waals surface area contributed by atoms with Crippen LogP contribution in [0.4, 0.5) is 8.78 Å². The number of halogens is 2. The highest BCUT2D eigenvalue weighted by molar-refractivity contribution is 5.94.